The molecule has 0 unspecified atom stereocenters. The first-order valence-corrected chi connectivity index (χ1v) is 6.88. The van der Waals surface area contributed by atoms with Crippen LogP contribution in [0.3, 0.4) is 0 Å². The summed E-state index contributed by atoms with van der Waals surface area (Å²) in [7, 11) is 1.48. The van der Waals surface area contributed by atoms with E-state index in [1.165, 1.54) is 37.7 Å². The molecule has 0 saturated heterocycles. The number of carbonyl (C=O) groups is 1. The van der Waals surface area contributed by atoms with Crippen molar-refractivity contribution < 1.29 is 22.7 Å². The number of aromatic amines is 1. The Bertz CT molecular complexity index is 886. The minimum absolute atomic E-state index is 0.190. The maximum atomic E-state index is 13.2. The molecule has 2 N–H and O–H groups in total. The molecule has 0 fully saturated rings. The van der Waals surface area contributed by atoms with Crippen molar-refractivity contribution in [1.29, 1.82) is 0 Å². The van der Waals surface area contributed by atoms with Crippen molar-refractivity contribution in [2.75, 3.05) is 12.4 Å². The molecule has 0 aliphatic heterocycles. The smallest absolute Gasteiger partial charge is 0.433 e. The number of carbonyl (C=O) groups excluding carboxylic acids is 1. The van der Waals surface area contributed by atoms with E-state index in [1.807, 2.05) is 0 Å². The maximum Gasteiger partial charge on any atom is 0.433 e. The zero-order chi connectivity index (χ0) is 17.3. The summed E-state index contributed by atoms with van der Waals surface area (Å²) < 4.78 is 44.6. The largest absolute Gasteiger partial charge is 0.497 e. The van der Waals surface area contributed by atoms with Crippen LogP contribution in [0, 0.1) is 0 Å². The summed E-state index contributed by atoms with van der Waals surface area (Å²) in [4.78, 5) is 18.3. The van der Waals surface area contributed by atoms with Gasteiger partial charge in [0.15, 0.2) is 0 Å². The van der Waals surface area contributed by atoms with Crippen LogP contribution in [0.25, 0.3) is 10.9 Å². The van der Waals surface area contributed by atoms with E-state index in [9.17, 15) is 18.0 Å². The molecule has 0 saturated carbocycles. The molecule has 0 bridgehead atoms. The van der Waals surface area contributed by atoms with Crippen molar-refractivity contribution in [2.24, 2.45) is 0 Å². The van der Waals surface area contributed by atoms with Crippen molar-refractivity contribution in [1.82, 2.24) is 9.97 Å². The third-order valence-electron chi connectivity index (χ3n) is 3.47. The molecule has 3 rings (SSSR count). The molecule has 8 heteroatoms. The van der Waals surface area contributed by atoms with E-state index in [1.54, 1.807) is 12.1 Å². The number of hydrogen-bond donors (Lipinski definition) is 2. The quantitative estimate of drug-likeness (QED) is 0.764. The van der Waals surface area contributed by atoms with Gasteiger partial charge in [-0.1, -0.05) is 0 Å². The lowest BCUT2D eigenvalue weighted by molar-refractivity contribution is -0.140. The van der Waals surface area contributed by atoms with Gasteiger partial charge in [-0.2, -0.15) is 13.2 Å². The Hall–Kier alpha value is -3.03. The highest BCUT2D eigenvalue weighted by atomic mass is 19.4. The Labute approximate surface area is 134 Å². The highest BCUT2D eigenvalue weighted by molar-refractivity contribution is 6.09. The zero-order valence-electron chi connectivity index (χ0n) is 12.4. The van der Waals surface area contributed by atoms with Crippen LogP contribution in [0.15, 0.2) is 42.7 Å². The lowest BCUT2D eigenvalue weighted by atomic mass is 10.2. The van der Waals surface area contributed by atoms with Gasteiger partial charge >= 0.3 is 6.18 Å². The van der Waals surface area contributed by atoms with Crippen molar-refractivity contribution in [3.8, 4) is 5.75 Å². The maximum absolute atomic E-state index is 13.2. The Kier molecular flexibility index (Phi) is 3.88. The van der Waals surface area contributed by atoms with Crippen LogP contribution in [0.5, 0.6) is 5.75 Å². The molecule has 0 spiro atoms. The lowest BCUT2D eigenvalue weighted by Crippen LogP contribution is -2.16. The first kappa shape index (κ1) is 15.9. The first-order chi connectivity index (χ1) is 11.4. The molecule has 0 aliphatic rings. The number of nitrogens with one attached hydrogen (secondary N) is 2. The van der Waals surface area contributed by atoms with Gasteiger partial charge in [-0.25, -0.2) is 0 Å². The number of nitrogens with zero attached hydrogens (tertiary/aromatic N) is 1. The molecule has 0 radical (unpaired) electrons. The van der Waals surface area contributed by atoms with Gasteiger partial charge in [0.25, 0.3) is 5.91 Å². The Balaban J connectivity index is 2.00. The number of pyridine rings is 1. The van der Waals surface area contributed by atoms with Crippen LogP contribution in [0.1, 0.15) is 16.1 Å². The van der Waals surface area contributed by atoms with E-state index in [0.29, 0.717) is 5.75 Å². The number of aromatic nitrogens is 2. The molecule has 1 amide bonds. The molecule has 0 atom stereocenters. The molecule has 1 aromatic carbocycles. The summed E-state index contributed by atoms with van der Waals surface area (Å²) in [5.74, 6) is -0.110. The Morgan fingerprint density at radius 3 is 2.54 bits per heavy atom. The number of rotatable bonds is 3. The number of benzene rings is 1. The monoisotopic (exact) mass is 335 g/mol. The van der Waals surface area contributed by atoms with E-state index in [2.05, 4.69) is 15.3 Å². The van der Waals surface area contributed by atoms with Crippen molar-refractivity contribution in [2.45, 2.75) is 6.18 Å². The van der Waals surface area contributed by atoms with Crippen LogP contribution in [-0.2, 0) is 6.18 Å². The molecule has 124 valence electrons. The van der Waals surface area contributed by atoms with E-state index < -0.39 is 17.8 Å². The highest BCUT2D eigenvalue weighted by Crippen LogP contribution is 2.38. The summed E-state index contributed by atoms with van der Waals surface area (Å²) in [6.07, 6.45) is -2.01. The van der Waals surface area contributed by atoms with Gasteiger partial charge < -0.3 is 15.0 Å². The Morgan fingerprint density at radius 1 is 1.21 bits per heavy atom. The van der Waals surface area contributed by atoms with Crippen LogP contribution in [0.2, 0.25) is 0 Å². The minimum Gasteiger partial charge on any atom is -0.497 e. The lowest BCUT2D eigenvalue weighted by Gasteiger charge is -2.10. The molecular formula is C16H12F3N3O2. The third kappa shape index (κ3) is 2.90. The van der Waals surface area contributed by atoms with Gasteiger partial charge in [0.05, 0.1) is 24.5 Å². The normalized spacial score (nSPS) is 11.5. The van der Waals surface area contributed by atoms with Crippen LogP contribution in [0.4, 0.5) is 18.9 Å². The second-order valence-electron chi connectivity index (χ2n) is 4.98. The predicted octanol–water partition coefficient (Wildman–Crippen LogP) is 3.84. The average molecular weight is 335 g/mol. The van der Waals surface area contributed by atoms with Crippen molar-refractivity contribution >= 4 is 22.5 Å². The second-order valence-corrected chi connectivity index (χ2v) is 4.98. The van der Waals surface area contributed by atoms with E-state index in [4.69, 9.17) is 4.74 Å². The molecule has 5 nitrogen and oxygen atoms in total. The molecule has 0 aliphatic carbocycles. The molecule has 24 heavy (non-hydrogen) atoms. The summed E-state index contributed by atoms with van der Waals surface area (Å²) in [6.45, 7) is 0. The number of anilines is 1. The number of halogens is 3. The summed E-state index contributed by atoms with van der Waals surface area (Å²) in [5, 5.41) is 2.57. The number of alkyl halides is 3. The second kappa shape index (κ2) is 5.88. The minimum atomic E-state index is -4.64. The first-order valence-electron chi connectivity index (χ1n) is 6.88. The van der Waals surface area contributed by atoms with E-state index in [0.717, 1.165) is 0 Å². The van der Waals surface area contributed by atoms with Crippen LogP contribution < -0.4 is 10.1 Å². The third-order valence-corrected chi connectivity index (χ3v) is 3.47. The fraction of sp³-hybridized carbons (Fsp3) is 0.125. The highest BCUT2D eigenvalue weighted by Gasteiger charge is 2.37. The molecular weight excluding hydrogens is 323 g/mol. The standard InChI is InChI=1S/C16H12F3N3O2/c1-24-10-4-2-9(3-5-10)15(23)22-13-11-6-7-20-8-12(11)21-14(13)16(17,18)19/h2-8,21H,1H3,(H,22,23). The SMILES string of the molecule is COc1ccc(C(=O)Nc2c(C(F)(F)F)[nH]c3cnccc23)cc1. The van der Waals surface area contributed by atoms with E-state index >= 15 is 0 Å². The average Bonchev–Trinajstić information content (AvgIpc) is 2.94. The Morgan fingerprint density at radius 2 is 1.92 bits per heavy atom. The predicted molar refractivity (Wildman–Crippen MR) is 82.0 cm³/mol. The van der Waals surface area contributed by atoms with Gasteiger partial charge in [0.1, 0.15) is 11.4 Å². The van der Waals surface area contributed by atoms with E-state index in [-0.39, 0.29) is 22.2 Å². The van der Waals surface area contributed by atoms with Gasteiger partial charge in [-0.05, 0) is 30.3 Å². The van der Waals surface area contributed by atoms with Gasteiger partial charge in [0, 0.05) is 17.1 Å². The van der Waals surface area contributed by atoms with Gasteiger partial charge in [-0.15, -0.1) is 0 Å². The zero-order valence-corrected chi connectivity index (χ0v) is 12.4. The van der Waals surface area contributed by atoms with Gasteiger partial charge in [-0.3, -0.25) is 9.78 Å². The van der Waals surface area contributed by atoms with Crippen LogP contribution in [-0.4, -0.2) is 23.0 Å². The number of amides is 1. The van der Waals surface area contributed by atoms with Crippen LogP contribution >= 0.6 is 0 Å². The fourth-order valence-corrected chi connectivity index (χ4v) is 2.31. The molecule has 2 aromatic heterocycles. The summed E-state index contributed by atoms with van der Waals surface area (Å²) >= 11 is 0. The fourth-order valence-electron chi connectivity index (χ4n) is 2.31. The topological polar surface area (TPSA) is 67.0 Å². The van der Waals surface area contributed by atoms with Crippen molar-refractivity contribution in [3.05, 3.63) is 54.0 Å². The van der Waals surface area contributed by atoms with Gasteiger partial charge in [0.2, 0.25) is 0 Å². The number of ether oxygens (including phenoxy) is 1. The number of H-pyrrole nitrogens is 1. The summed E-state index contributed by atoms with van der Waals surface area (Å²) in [5.41, 5.74) is -0.935. The summed E-state index contributed by atoms with van der Waals surface area (Å²) in [6, 6.07) is 7.46. The molecule has 2 heterocycles. The van der Waals surface area contributed by atoms with Crippen molar-refractivity contribution in [3.63, 3.8) is 0 Å². The number of fused-ring (bicyclic) bond motifs is 1. The number of methoxy groups -OCH3 is 1. The molecule has 3 aromatic rings. The number of hydrogen-bond acceptors (Lipinski definition) is 3.